The molecule has 1 unspecified atom stereocenters. The van der Waals surface area contributed by atoms with Crippen LogP contribution in [-0.4, -0.2) is 26.2 Å². The molecule has 0 aromatic carbocycles. The molecule has 0 bridgehead atoms. The van der Waals surface area contributed by atoms with Gasteiger partial charge in [-0.05, 0) is 6.08 Å². The third kappa shape index (κ3) is 1.78. The van der Waals surface area contributed by atoms with Gasteiger partial charge in [0.25, 0.3) is 14.1 Å². The minimum absolute atomic E-state index is 0.0759. The topological polar surface area (TPSA) is 46.5 Å². The van der Waals surface area contributed by atoms with Crippen LogP contribution in [0.2, 0.25) is 0 Å². The molecule has 1 heterocycles. The van der Waals surface area contributed by atoms with Crippen LogP contribution in [0.25, 0.3) is 0 Å². The van der Waals surface area contributed by atoms with Crippen LogP contribution < -0.4 is 0 Å². The molecule has 0 amide bonds. The summed E-state index contributed by atoms with van der Waals surface area (Å²) >= 11 is 5.36. The summed E-state index contributed by atoms with van der Waals surface area (Å²) in [5.41, 5.74) is 0. The van der Waals surface area contributed by atoms with Crippen molar-refractivity contribution in [2.45, 2.75) is 5.00 Å². The Labute approximate surface area is 78.3 Å². The molecule has 1 aliphatic heterocycles. The third-order valence-electron chi connectivity index (χ3n) is 1.28. The Morgan fingerprint density at radius 3 is 2.58 bits per heavy atom. The van der Waals surface area contributed by atoms with Crippen LogP contribution in [0.1, 0.15) is 0 Å². The average Bonchev–Trinajstić information content (AvgIpc) is 1.83. The van der Waals surface area contributed by atoms with Crippen LogP contribution in [0, 0.1) is 0 Å². The van der Waals surface area contributed by atoms with Crippen molar-refractivity contribution in [1.29, 1.82) is 0 Å². The fraction of sp³-hybridized carbons (Fsp3) is 0.400. The average molecular weight is 232 g/mol. The molecule has 0 saturated carbocycles. The molecule has 1 atom stereocenters. The minimum Gasteiger partial charge on any atom is -0.287 e. The van der Waals surface area contributed by atoms with E-state index in [1.54, 1.807) is 0 Å². The van der Waals surface area contributed by atoms with E-state index in [-0.39, 0.29) is 5.03 Å². The van der Waals surface area contributed by atoms with Gasteiger partial charge >= 0.3 is 0 Å². The maximum absolute atomic E-state index is 13.3. The first kappa shape index (κ1) is 9.95. The van der Waals surface area contributed by atoms with Gasteiger partial charge in [-0.15, -0.1) is 0 Å². The van der Waals surface area contributed by atoms with E-state index < -0.39 is 20.6 Å². The second-order valence-electron chi connectivity index (χ2n) is 2.22. The van der Waals surface area contributed by atoms with Crippen molar-refractivity contribution in [2.24, 2.45) is 4.99 Å². The summed E-state index contributed by atoms with van der Waals surface area (Å²) < 4.78 is 34.7. The summed E-state index contributed by atoms with van der Waals surface area (Å²) in [6.07, 6.45) is 1.89. The van der Waals surface area contributed by atoms with Crippen LogP contribution in [0.3, 0.4) is 0 Å². The highest BCUT2D eigenvalue weighted by Crippen LogP contribution is 2.29. The Kier molecular flexibility index (Phi) is 2.47. The zero-order chi connectivity index (χ0) is 9.41. The van der Waals surface area contributed by atoms with Crippen LogP contribution in [0.5, 0.6) is 0 Å². The van der Waals surface area contributed by atoms with Gasteiger partial charge in [0.1, 0.15) is 0 Å². The molecule has 7 heteroatoms. The van der Waals surface area contributed by atoms with Crippen molar-refractivity contribution in [3.63, 3.8) is 0 Å². The Morgan fingerprint density at radius 2 is 2.25 bits per heavy atom. The van der Waals surface area contributed by atoms with Gasteiger partial charge in [0.2, 0.25) is 0 Å². The fourth-order valence-electron chi connectivity index (χ4n) is 0.694. The van der Waals surface area contributed by atoms with E-state index in [1.165, 1.54) is 6.21 Å². The van der Waals surface area contributed by atoms with Gasteiger partial charge in [-0.1, -0.05) is 11.6 Å². The molecule has 0 aromatic rings. The number of halogens is 3. The standard InChI is InChI=1S/C5H4Cl2FNO2S/c6-4-1-5(8,3-9-2-4)12(7,10)11/h1-2H,3H2. The molecule has 0 aliphatic carbocycles. The molecule has 0 spiro atoms. The fourth-order valence-corrected chi connectivity index (χ4v) is 1.78. The van der Waals surface area contributed by atoms with Crippen molar-refractivity contribution < 1.29 is 12.8 Å². The first-order valence-corrected chi connectivity index (χ1v) is 5.55. The van der Waals surface area contributed by atoms with Gasteiger partial charge in [-0.2, -0.15) is 0 Å². The molecule has 1 aliphatic rings. The highest BCUT2D eigenvalue weighted by atomic mass is 35.7. The highest BCUT2D eigenvalue weighted by molar-refractivity contribution is 8.14. The van der Waals surface area contributed by atoms with E-state index in [4.69, 9.17) is 22.3 Å². The molecule has 0 radical (unpaired) electrons. The third-order valence-corrected chi connectivity index (χ3v) is 3.31. The van der Waals surface area contributed by atoms with Gasteiger partial charge in [0, 0.05) is 16.9 Å². The molecule has 0 aromatic heterocycles. The quantitative estimate of drug-likeness (QED) is 0.642. The largest absolute Gasteiger partial charge is 0.287 e. The van der Waals surface area contributed by atoms with Crippen molar-refractivity contribution >= 4 is 37.5 Å². The molecule has 68 valence electrons. The summed E-state index contributed by atoms with van der Waals surface area (Å²) in [4.78, 5) is 3.41. The van der Waals surface area contributed by atoms with Gasteiger partial charge < -0.3 is 0 Å². The Balaban J connectivity index is 3.13. The number of aliphatic imine (C=N–C) groups is 1. The SMILES string of the molecule is O=S(=O)(Cl)C1(F)C=C(Cl)C=NC1. The molecular formula is C5H4Cl2FNO2S. The second-order valence-corrected chi connectivity index (χ2v) is 5.43. The van der Waals surface area contributed by atoms with Gasteiger partial charge in [-0.25, -0.2) is 12.8 Å². The normalized spacial score (nSPS) is 30.1. The smallest absolute Gasteiger partial charge is 0.273 e. The number of hydrogen-bond acceptors (Lipinski definition) is 3. The molecule has 0 fully saturated rings. The highest BCUT2D eigenvalue weighted by Gasteiger charge is 2.42. The second kappa shape index (κ2) is 2.97. The van der Waals surface area contributed by atoms with E-state index >= 15 is 0 Å². The Hall–Kier alpha value is -0.130. The number of alkyl halides is 1. The van der Waals surface area contributed by atoms with Crippen LogP contribution in [0.4, 0.5) is 4.39 Å². The number of allylic oxidation sites excluding steroid dienone is 1. The van der Waals surface area contributed by atoms with Crippen LogP contribution in [-0.2, 0) is 9.05 Å². The first-order valence-electron chi connectivity index (χ1n) is 2.86. The molecule has 0 N–H and O–H groups in total. The maximum Gasteiger partial charge on any atom is 0.273 e. The molecule has 0 saturated heterocycles. The number of hydrogen-bond donors (Lipinski definition) is 0. The summed E-state index contributed by atoms with van der Waals surface area (Å²) in [5.74, 6) is 0. The van der Waals surface area contributed by atoms with Crippen molar-refractivity contribution in [2.75, 3.05) is 6.54 Å². The summed E-state index contributed by atoms with van der Waals surface area (Å²) in [5, 5.41) is -2.74. The van der Waals surface area contributed by atoms with E-state index in [2.05, 4.69) is 4.99 Å². The predicted octanol–water partition coefficient (Wildman–Crippen LogP) is 1.43. The van der Waals surface area contributed by atoms with E-state index in [0.717, 1.165) is 6.08 Å². The number of rotatable bonds is 1. The van der Waals surface area contributed by atoms with E-state index in [1.807, 2.05) is 0 Å². The molecular weight excluding hydrogens is 228 g/mol. The van der Waals surface area contributed by atoms with Crippen LogP contribution in [0.15, 0.2) is 16.1 Å². The van der Waals surface area contributed by atoms with Gasteiger partial charge in [0.05, 0.1) is 11.6 Å². The maximum atomic E-state index is 13.3. The lowest BCUT2D eigenvalue weighted by Crippen LogP contribution is -2.33. The lowest BCUT2D eigenvalue weighted by atomic mass is 10.3. The Bertz CT molecular complexity index is 350. The zero-order valence-corrected chi connectivity index (χ0v) is 8.00. The Morgan fingerprint density at radius 1 is 1.67 bits per heavy atom. The van der Waals surface area contributed by atoms with Gasteiger partial charge in [-0.3, -0.25) is 4.99 Å². The number of nitrogens with zero attached hydrogens (tertiary/aromatic N) is 1. The first-order chi connectivity index (χ1) is 5.35. The minimum atomic E-state index is -4.33. The van der Waals surface area contributed by atoms with Crippen LogP contribution >= 0.6 is 22.3 Å². The van der Waals surface area contributed by atoms with Gasteiger partial charge in [0.15, 0.2) is 0 Å². The van der Waals surface area contributed by atoms with Crippen molar-refractivity contribution in [1.82, 2.24) is 0 Å². The molecule has 12 heavy (non-hydrogen) atoms. The predicted molar refractivity (Wildman–Crippen MR) is 45.9 cm³/mol. The summed E-state index contributed by atoms with van der Waals surface area (Å²) in [7, 11) is 0.511. The lowest BCUT2D eigenvalue weighted by Gasteiger charge is -2.18. The monoisotopic (exact) mass is 231 g/mol. The lowest BCUT2D eigenvalue weighted by molar-refractivity contribution is 0.342. The van der Waals surface area contributed by atoms with Crippen molar-refractivity contribution in [3.05, 3.63) is 11.1 Å². The zero-order valence-electron chi connectivity index (χ0n) is 5.67. The summed E-state index contributed by atoms with van der Waals surface area (Å²) in [6, 6.07) is 0. The number of dihydropyridines is 1. The molecule has 3 nitrogen and oxygen atoms in total. The van der Waals surface area contributed by atoms with E-state index in [9.17, 15) is 12.8 Å². The summed E-state index contributed by atoms with van der Waals surface area (Å²) in [6.45, 7) is -0.547. The van der Waals surface area contributed by atoms with Crippen molar-refractivity contribution in [3.8, 4) is 0 Å². The molecule has 1 rings (SSSR count). The van der Waals surface area contributed by atoms with E-state index in [0.29, 0.717) is 0 Å².